The predicted octanol–water partition coefficient (Wildman–Crippen LogP) is 4.47. The second-order valence-electron chi connectivity index (χ2n) is 7.40. The van der Waals surface area contributed by atoms with Gasteiger partial charge in [0, 0.05) is 49.3 Å². The van der Waals surface area contributed by atoms with Crippen LogP contribution in [0, 0.1) is 20.8 Å². The predicted molar refractivity (Wildman–Crippen MR) is 117 cm³/mol. The smallest absolute Gasteiger partial charge is 0.227 e. The number of anilines is 4. The first-order valence-electron chi connectivity index (χ1n) is 9.84. The van der Waals surface area contributed by atoms with Crippen LogP contribution in [0.1, 0.15) is 16.8 Å². The summed E-state index contributed by atoms with van der Waals surface area (Å²) in [5, 5.41) is 3.51. The van der Waals surface area contributed by atoms with Gasteiger partial charge in [0.2, 0.25) is 5.95 Å². The van der Waals surface area contributed by atoms with Gasteiger partial charge in [0.1, 0.15) is 5.82 Å². The summed E-state index contributed by atoms with van der Waals surface area (Å²) in [6.07, 6.45) is 0. The Labute approximate surface area is 167 Å². The van der Waals surface area contributed by atoms with Crippen LogP contribution in [0.4, 0.5) is 23.1 Å². The zero-order valence-corrected chi connectivity index (χ0v) is 16.8. The van der Waals surface area contributed by atoms with E-state index in [-0.39, 0.29) is 0 Å². The molecule has 4 rings (SSSR count). The van der Waals surface area contributed by atoms with E-state index in [2.05, 4.69) is 77.5 Å². The first-order chi connectivity index (χ1) is 13.6. The monoisotopic (exact) mass is 373 g/mol. The largest absolute Gasteiger partial charge is 0.368 e. The van der Waals surface area contributed by atoms with Crippen molar-refractivity contribution in [3.05, 3.63) is 71.4 Å². The standard InChI is InChI=1S/C23H27N5/c1-17-8-7-9-18(2)22(17)25-21-16-19(3)24-23(26-21)28-14-12-27(13-15-28)20-10-5-4-6-11-20/h4-11,16H,12-15H2,1-3H3,(H,24,25,26). The molecule has 0 amide bonds. The highest BCUT2D eigenvalue weighted by atomic mass is 15.3. The third kappa shape index (κ3) is 3.93. The van der Waals surface area contributed by atoms with Crippen molar-refractivity contribution in [2.75, 3.05) is 41.3 Å². The summed E-state index contributed by atoms with van der Waals surface area (Å²) in [5.41, 5.74) is 5.82. The molecule has 0 radical (unpaired) electrons. The fraction of sp³-hybridized carbons (Fsp3) is 0.304. The Morgan fingerprint density at radius 1 is 0.750 bits per heavy atom. The van der Waals surface area contributed by atoms with Crippen LogP contribution in [0.3, 0.4) is 0 Å². The Hall–Kier alpha value is -3.08. The average Bonchev–Trinajstić information content (AvgIpc) is 2.71. The zero-order valence-electron chi connectivity index (χ0n) is 16.8. The third-order valence-electron chi connectivity index (χ3n) is 5.26. The Kier molecular flexibility index (Phi) is 5.15. The minimum Gasteiger partial charge on any atom is -0.368 e. The normalized spacial score (nSPS) is 14.2. The van der Waals surface area contributed by atoms with Gasteiger partial charge in [-0.2, -0.15) is 4.98 Å². The molecule has 3 aromatic rings. The van der Waals surface area contributed by atoms with E-state index in [0.29, 0.717) is 0 Å². The lowest BCUT2D eigenvalue weighted by molar-refractivity contribution is 0.639. The van der Waals surface area contributed by atoms with Crippen LogP contribution in [0.25, 0.3) is 0 Å². The Balaban J connectivity index is 1.50. The maximum Gasteiger partial charge on any atom is 0.227 e. The molecule has 1 N–H and O–H groups in total. The molecule has 5 heteroatoms. The highest BCUT2D eigenvalue weighted by Gasteiger charge is 2.20. The van der Waals surface area contributed by atoms with Crippen molar-refractivity contribution in [2.24, 2.45) is 0 Å². The van der Waals surface area contributed by atoms with E-state index in [1.54, 1.807) is 0 Å². The number of benzene rings is 2. The van der Waals surface area contributed by atoms with Crippen LogP contribution >= 0.6 is 0 Å². The highest BCUT2D eigenvalue weighted by molar-refractivity contribution is 5.65. The van der Waals surface area contributed by atoms with Crippen LogP contribution in [-0.4, -0.2) is 36.1 Å². The summed E-state index contributed by atoms with van der Waals surface area (Å²) in [4.78, 5) is 14.2. The van der Waals surface area contributed by atoms with E-state index in [9.17, 15) is 0 Å². The molecular formula is C23H27N5. The summed E-state index contributed by atoms with van der Waals surface area (Å²) in [6, 6.07) is 18.9. The number of hydrogen-bond donors (Lipinski definition) is 1. The molecule has 0 atom stereocenters. The number of para-hydroxylation sites is 2. The molecule has 2 heterocycles. The average molecular weight is 374 g/mol. The van der Waals surface area contributed by atoms with Gasteiger partial charge in [-0.05, 0) is 44.0 Å². The number of nitrogens with zero attached hydrogens (tertiary/aromatic N) is 4. The summed E-state index contributed by atoms with van der Waals surface area (Å²) in [7, 11) is 0. The van der Waals surface area contributed by atoms with Gasteiger partial charge in [0.15, 0.2) is 0 Å². The molecule has 28 heavy (non-hydrogen) atoms. The Bertz CT molecular complexity index is 926. The number of aryl methyl sites for hydroxylation is 3. The Morgan fingerprint density at radius 3 is 2.07 bits per heavy atom. The van der Waals surface area contributed by atoms with Crippen LogP contribution in [-0.2, 0) is 0 Å². The van der Waals surface area contributed by atoms with E-state index in [4.69, 9.17) is 9.97 Å². The van der Waals surface area contributed by atoms with E-state index in [0.717, 1.165) is 49.3 Å². The molecule has 1 saturated heterocycles. The molecule has 1 aromatic heterocycles. The van der Waals surface area contributed by atoms with Gasteiger partial charge >= 0.3 is 0 Å². The van der Waals surface area contributed by atoms with Crippen molar-refractivity contribution in [1.29, 1.82) is 0 Å². The molecule has 1 aliphatic rings. The van der Waals surface area contributed by atoms with Gasteiger partial charge in [-0.25, -0.2) is 4.98 Å². The highest BCUT2D eigenvalue weighted by Crippen LogP contribution is 2.25. The second-order valence-corrected chi connectivity index (χ2v) is 7.40. The maximum absolute atomic E-state index is 4.82. The van der Waals surface area contributed by atoms with Crippen LogP contribution < -0.4 is 15.1 Å². The van der Waals surface area contributed by atoms with Gasteiger partial charge in [-0.15, -0.1) is 0 Å². The van der Waals surface area contributed by atoms with Crippen LogP contribution in [0.5, 0.6) is 0 Å². The van der Waals surface area contributed by atoms with Crippen LogP contribution in [0.15, 0.2) is 54.6 Å². The number of hydrogen-bond acceptors (Lipinski definition) is 5. The quantitative estimate of drug-likeness (QED) is 0.731. The summed E-state index contributed by atoms with van der Waals surface area (Å²) in [6.45, 7) is 10.0. The number of aromatic nitrogens is 2. The molecule has 0 saturated carbocycles. The van der Waals surface area contributed by atoms with Gasteiger partial charge in [0.05, 0.1) is 0 Å². The molecular weight excluding hydrogens is 346 g/mol. The lowest BCUT2D eigenvalue weighted by Gasteiger charge is -2.36. The zero-order chi connectivity index (χ0) is 19.5. The minimum absolute atomic E-state index is 0.807. The molecule has 1 fully saturated rings. The molecule has 0 bridgehead atoms. The first-order valence-corrected chi connectivity index (χ1v) is 9.84. The molecule has 0 unspecified atom stereocenters. The number of piperazine rings is 1. The van der Waals surface area contributed by atoms with Gasteiger partial charge in [-0.3, -0.25) is 0 Å². The Morgan fingerprint density at radius 2 is 1.39 bits per heavy atom. The molecule has 0 spiro atoms. The van der Waals surface area contributed by atoms with E-state index in [1.165, 1.54) is 16.8 Å². The molecule has 0 aliphatic carbocycles. The fourth-order valence-electron chi connectivity index (χ4n) is 3.70. The summed E-state index contributed by atoms with van der Waals surface area (Å²) >= 11 is 0. The summed E-state index contributed by atoms with van der Waals surface area (Å²) in [5.74, 6) is 1.66. The van der Waals surface area contributed by atoms with Crippen molar-refractivity contribution < 1.29 is 0 Å². The third-order valence-corrected chi connectivity index (χ3v) is 5.26. The summed E-state index contributed by atoms with van der Waals surface area (Å²) < 4.78 is 0. The van der Waals surface area contributed by atoms with Crippen molar-refractivity contribution in [3.63, 3.8) is 0 Å². The van der Waals surface area contributed by atoms with Crippen molar-refractivity contribution >= 4 is 23.1 Å². The van der Waals surface area contributed by atoms with Crippen molar-refractivity contribution in [2.45, 2.75) is 20.8 Å². The minimum atomic E-state index is 0.807. The van der Waals surface area contributed by atoms with Crippen molar-refractivity contribution in [3.8, 4) is 0 Å². The molecule has 1 aliphatic heterocycles. The van der Waals surface area contributed by atoms with E-state index in [1.807, 2.05) is 13.0 Å². The van der Waals surface area contributed by atoms with E-state index >= 15 is 0 Å². The van der Waals surface area contributed by atoms with Crippen molar-refractivity contribution in [1.82, 2.24) is 9.97 Å². The lowest BCUT2D eigenvalue weighted by Crippen LogP contribution is -2.47. The molecule has 5 nitrogen and oxygen atoms in total. The maximum atomic E-state index is 4.82. The van der Waals surface area contributed by atoms with Gasteiger partial charge in [0.25, 0.3) is 0 Å². The lowest BCUT2D eigenvalue weighted by atomic mass is 10.1. The van der Waals surface area contributed by atoms with Gasteiger partial charge < -0.3 is 15.1 Å². The second kappa shape index (κ2) is 7.89. The van der Waals surface area contributed by atoms with E-state index < -0.39 is 0 Å². The fourth-order valence-corrected chi connectivity index (χ4v) is 3.70. The molecule has 144 valence electrons. The van der Waals surface area contributed by atoms with Gasteiger partial charge in [-0.1, -0.05) is 36.4 Å². The first kappa shape index (κ1) is 18.3. The number of rotatable bonds is 4. The molecule has 2 aromatic carbocycles. The van der Waals surface area contributed by atoms with Crippen LogP contribution in [0.2, 0.25) is 0 Å². The SMILES string of the molecule is Cc1cc(Nc2c(C)cccc2C)nc(N2CCN(c3ccccc3)CC2)n1. The topological polar surface area (TPSA) is 44.3 Å². The number of nitrogens with one attached hydrogen (secondary N) is 1.